The summed E-state index contributed by atoms with van der Waals surface area (Å²) in [6.07, 6.45) is 4.41. The van der Waals surface area contributed by atoms with E-state index in [0.717, 1.165) is 30.3 Å². The first-order chi connectivity index (χ1) is 12.9. The van der Waals surface area contributed by atoms with Crippen molar-refractivity contribution in [3.05, 3.63) is 44.6 Å². The molecular formula is C19H25N3O5. The summed E-state index contributed by atoms with van der Waals surface area (Å²) in [5, 5.41) is 11.7. The normalized spacial score (nSPS) is 10.9. The van der Waals surface area contributed by atoms with Crippen LogP contribution in [-0.4, -0.2) is 33.1 Å². The quantitative estimate of drug-likeness (QED) is 0.547. The van der Waals surface area contributed by atoms with Crippen LogP contribution in [0.2, 0.25) is 0 Å². The zero-order valence-electron chi connectivity index (χ0n) is 15.4. The van der Waals surface area contributed by atoms with Crippen LogP contribution in [0.1, 0.15) is 55.8 Å². The summed E-state index contributed by atoms with van der Waals surface area (Å²) in [5.41, 5.74) is -0.129. The van der Waals surface area contributed by atoms with Crippen molar-refractivity contribution < 1.29 is 14.7 Å². The third kappa shape index (κ3) is 5.54. The number of carbonyl (C=O) groups excluding carboxylic acids is 1. The van der Waals surface area contributed by atoms with E-state index < -0.39 is 11.7 Å². The Hall–Kier alpha value is -2.90. The lowest BCUT2D eigenvalue weighted by Gasteiger charge is -2.07. The van der Waals surface area contributed by atoms with Crippen LogP contribution in [-0.2, 0) is 11.3 Å². The van der Waals surface area contributed by atoms with Crippen LogP contribution in [0.3, 0.4) is 0 Å². The Bertz CT molecular complexity index is 929. The summed E-state index contributed by atoms with van der Waals surface area (Å²) >= 11 is 0. The number of amides is 1. The fraction of sp³-hybridized carbons (Fsp3) is 0.474. The highest BCUT2D eigenvalue weighted by molar-refractivity contribution is 5.97. The van der Waals surface area contributed by atoms with Crippen molar-refractivity contribution in [3.63, 3.8) is 0 Å². The Morgan fingerprint density at radius 2 is 1.81 bits per heavy atom. The van der Waals surface area contributed by atoms with E-state index in [1.165, 1.54) is 6.07 Å². The fourth-order valence-electron chi connectivity index (χ4n) is 2.92. The van der Waals surface area contributed by atoms with Crippen molar-refractivity contribution in [1.29, 1.82) is 0 Å². The highest BCUT2D eigenvalue weighted by Gasteiger charge is 2.10. The molecule has 0 saturated heterocycles. The van der Waals surface area contributed by atoms with Gasteiger partial charge < -0.3 is 15.4 Å². The fourth-order valence-corrected chi connectivity index (χ4v) is 2.92. The first kappa shape index (κ1) is 20.4. The van der Waals surface area contributed by atoms with E-state index >= 15 is 0 Å². The van der Waals surface area contributed by atoms with Crippen molar-refractivity contribution in [2.75, 3.05) is 6.54 Å². The molecule has 2 rings (SSSR count). The lowest BCUT2D eigenvalue weighted by atomic mass is 10.1. The highest BCUT2D eigenvalue weighted by Crippen LogP contribution is 2.10. The molecule has 0 bridgehead atoms. The van der Waals surface area contributed by atoms with Crippen LogP contribution in [0.15, 0.2) is 27.8 Å². The average Bonchev–Trinajstić information content (AvgIpc) is 2.63. The van der Waals surface area contributed by atoms with Gasteiger partial charge in [0, 0.05) is 25.1 Å². The average molecular weight is 375 g/mol. The number of H-pyrrole nitrogens is 1. The summed E-state index contributed by atoms with van der Waals surface area (Å²) in [4.78, 5) is 49.4. The van der Waals surface area contributed by atoms with Crippen molar-refractivity contribution in [2.24, 2.45) is 0 Å². The van der Waals surface area contributed by atoms with Crippen molar-refractivity contribution in [2.45, 2.75) is 52.0 Å². The lowest BCUT2D eigenvalue weighted by Crippen LogP contribution is -2.34. The number of hydrogen-bond acceptors (Lipinski definition) is 4. The van der Waals surface area contributed by atoms with E-state index in [4.69, 9.17) is 5.11 Å². The number of aromatic amines is 1. The Morgan fingerprint density at radius 3 is 2.52 bits per heavy atom. The summed E-state index contributed by atoms with van der Waals surface area (Å²) in [5.74, 6) is -1.03. The van der Waals surface area contributed by atoms with E-state index in [2.05, 4.69) is 10.3 Å². The van der Waals surface area contributed by atoms with Gasteiger partial charge in [-0.25, -0.2) is 4.79 Å². The predicted octanol–water partition coefficient (Wildman–Crippen LogP) is 1.86. The van der Waals surface area contributed by atoms with E-state index in [-0.39, 0.29) is 24.4 Å². The standard InChI is InChI=1S/C19H25N3O5/c1-2-22-18(26)14-10-9-13(12-15(14)21-19(22)27)17(25)20-11-7-5-3-4-6-8-16(23)24/h9-10,12H,2-8,11H2,1H3,(H,20,25)(H,21,27)(H,23,24). The smallest absolute Gasteiger partial charge is 0.328 e. The van der Waals surface area contributed by atoms with E-state index in [9.17, 15) is 19.2 Å². The van der Waals surface area contributed by atoms with Crippen LogP contribution < -0.4 is 16.6 Å². The second-order valence-electron chi connectivity index (χ2n) is 6.41. The Labute approximate surface area is 156 Å². The molecular weight excluding hydrogens is 350 g/mol. The molecule has 0 unspecified atom stereocenters. The number of aromatic nitrogens is 2. The minimum absolute atomic E-state index is 0.199. The van der Waals surface area contributed by atoms with Gasteiger partial charge in [0.1, 0.15) is 0 Å². The number of nitrogens with one attached hydrogen (secondary N) is 2. The summed E-state index contributed by atoms with van der Waals surface area (Å²) in [6.45, 7) is 2.52. The summed E-state index contributed by atoms with van der Waals surface area (Å²) in [7, 11) is 0. The minimum atomic E-state index is -0.771. The number of unbranched alkanes of at least 4 members (excludes halogenated alkanes) is 4. The van der Waals surface area contributed by atoms with Gasteiger partial charge in [-0.3, -0.25) is 19.0 Å². The Balaban J connectivity index is 1.88. The molecule has 0 fully saturated rings. The van der Waals surface area contributed by atoms with Crippen molar-refractivity contribution in [3.8, 4) is 0 Å². The molecule has 8 nitrogen and oxygen atoms in total. The first-order valence-corrected chi connectivity index (χ1v) is 9.21. The maximum atomic E-state index is 12.2. The van der Waals surface area contributed by atoms with Gasteiger partial charge in [0.15, 0.2) is 0 Å². The minimum Gasteiger partial charge on any atom is -0.481 e. The van der Waals surface area contributed by atoms with Gasteiger partial charge in [-0.15, -0.1) is 0 Å². The molecule has 0 atom stereocenters. The van der Waals surface area contributed by atoms with Crippen molar-refractivity contribution >= 4 is 22.8 Å². The second-order valence-corrected chi connectivity index (χ2v) is 6.41. The number of nitrogens with zero attached hydrogens (tertiary/aromatic N) is 1. The maximum Gasteiger partial charge on any atom is 0.328 e. The highest BCUT2D eigenvalue weighted by atomic mass is 16.4. The number of rotatable bonds is 10. The van der Waals surface area contributed by atoms with Gasteiger partial charge in [0.2, 0.25) is 0 Å². The molecule has 1 aromatic heterocycles. The first-order valence-electron chi connectivity index (χ1n) is 9.21. The largest absolute Gasteiger partial charge is 0.481 e. The number of benzene rings is 1. The van der Waals surface area contributed by atoms with Crippen LogP contribution >= 0.6 is 0 Å². The molecule has 146 valence electrons. The predicted molar refractivity (Wildman–Crippen MR) is 102 cm³/mol. The summed E-state index contributed by atoms with van der Waals surface area (Å²) in [6, 6.07) is 4.64. The lowest BCUT2D eigenvalue weighted by molar-refractivity contribution is -0.137. The Kier molecular flexibility index (Phi) is 7.34. The molecule has 27 heavy (non-hydrogen) atoms. The van der Waals surface area contributed by atoms with Gasteiger partial charge in [0.05, 0.1) is 10.9 Å². The molecule has 0 saturated carbocycles. The van der Waals surface area contributed by atoms with E-state index in [1.807, 2.05) is 0 Å². The second kappa shape index (κ2) is 9.70. The monoisotopic (exact) mass is 375 g/mol. The number of fused-ring (bicyclic) bond motifs is 1. The van der Waals surface area contributed by atoms with Gasteiger partial charge >= 0.3 is 11.7 Å². The molecule has 1 aromatic carbocycles. The maximum absolute atomic E-state index is 12.2. The van der Waals surface area contributed by atoms with Gasteiger partial charge in [-0.2, -0.15) is 0 Å². The molecule has 0 spiro atoms. The molecule has 0 aliphatic rings. The Morgan fingerprint density at radius 1 is 1.11 bits per heavy atom. The summed E-state index contributed by atoms with van der Waals surface area (Å²) < 4.78 is 1.11. The van der Waals surface area contributed by atoms with Gasteiger partial charge in [-0.1, -0.05) is 19.3 Å². The van der Waals surface area contributed by atoms with Gasteiger partial charge in [-0.05, 0) is 38.0 Å². The molecule has 8 heteroatoms. The zero-order chi connectivity index (χ0) is 19.8. The van der Waals surface area contributed by atoms with Gasteiger partial charge in [0.25, 0.3) is 11.5 Å². The van der Waals surface area contributed by atoms with Crippen molar-refractivity contribution in [1.82, 2.24) is 14.9 Å². The van der Waals surface area contributed by atoms with Crippen LogP contribution in [0.5, 0.6) is 0 Å². The number of carboxylic acids is 1. The van der Waals surface area contributed by atoms with E-state index in [0.29, 0.717) is 29.4 Å². The molecule has 3 N–H and O–H groups in total. The zero-order valence-corrected chi connectivity index (χ0v) is 15.4. The topological polar surface area (TPSA) is 121 Å². The molecule has 1 heterocycles. The SMILES string of the molecule is CCn1c(=O)[nH]c2cc(C(=O)NCCCCCCCC(=O)O)ccc2c1=O. The third-order valence-corrected chi connectivity index (χ3v) is 4.41. The molecule has 1 amide bonds. The van der Waals surface area contributed by atoms with Crippen LogP contribution in [0, 0.1) is 0 Å². The van der Waals surface area contributed by atoms with E-state index in [1.54, 1.807) is 19.1 Å². The number of carbonyl (C=O) groups is 2. The number of hydrogen-bond donors (Lipinski definition) is 3. The molecule has 0 aliphatic heterocycles. The molecule has 0 radical (unpaired) electrons. The molecule has 2 aromatic rings. The third-order valence-electron chi connectivity index (χ3n) is 4.41. The number of carboxylic acid groups (broad SMARTS) is 1. The van der Waals surface area contributed by atoms with Crippen LogP contribution in [0.25, 0.3) is 10.9 Å². The van der Waals surface area contributed by atoms with Crippen LogP contribution in [0.4, 0.5) is 0 Å². The number of aliphatic carboxylic acids is 1. The molecule has 0 aliphatic carbocycles.